The molecular formula is C10H9FN2O. The summed E-state index contributed by atoms with van der Waals surface area (Å²) in [7, 11) is 0. The van der Waals surface area contributed by atoms with Gasteiger partial charge in [0.25, 0.3) is 0 Å². The maximum Gasteiger partial charge on any atom is 0.170 e. The average molecular weight is 192 g/mol. The van der Waals surface area contributed by atoms with E-state index >= 15 is 0 Å². The van der Waals surface area contributed by atoms with Crippen LogP contribution in [0.4, 0.5) is 10.2 Å². The van der Waals surface area contributed by atoms with Crippen molar-refractivity contribution >= 4 is 5.82 Å². The minimum Gasteiger partial charge on any atom is -0.381 e. The van der Waals surface area contributed by atoms with E-state index in [1.165, 1.54) is 18.4 Å². The molecule has 0 unspecified atom stereocenters. The fraction of sp³-hybridized carbons (Fsp3) is 0.100. The van der Waals surface area contributed by atoms with Crippen LogP contribution in [0.5, 0.6) is 0 Å². The Morgan fingerprint density at radius 3 is 2.57 bits per heavy atom. The first-order valence-corrected chi connectivity index (χ1v) is 4.19. The Bertz CT molecular complexity index is 422. The van der Waals surface area contributed by atoms with E-state index in [1.807, 2.05) is 0 Å². The Labute approximate surface area is 80.3 Å². The molecule has 1 aromatic heterocycles. The lowest BCUT2D eigenvalue weighted by Crippen LogP contribution is -1.93. The van der Waals surface area contributed by atoms with Crippen molar-refractivity contribution in [1.29, 1.82) is 0 Å². The first kappa shape index (κ1) is 8.74. The maximum absolute atomic E-state index is 12.6. The normalized spacial score (nSPS) is 10.4. The van der Waals surface area contributed by atoms with E-state index in [0.29, 0.717) is 12.2 Å². The van der Waals surface area contributed by atoms with Crippen LogP contribution in [0, 0.1) is 5.82 Å². The molecule has 0 aliphatic heterocycles. The summed E-state index contributed by atoms with van der Waals surface area (Å²) >= 11 is 0. The summed E-state index contributed by atoms with van der Waals surface area (Å²) in [5.74, 6) is 0.140. The highest BCUT2D eigenvalue weighted by molar-refractivity contribution is 5.39. The first-order chi connectivity index (χ1) is 6.75. The fourth-order valence-corrected chi connectivity index (χ4v) is 1.22. The zero-order valence-electron chi connectivity index (χ0n) is 7.40. The van der Waals surface area contributed by atoms with Crippen LogP contribution in [0.3, 0.4) is 0 Å². The van der Waals surface area contributed by atoms with Crippen molar-refractivity contribution in [3.63, 3.8) is 0 Å². The van der Waals surface area contributed by atoms with E-state index < -0.39 is 0 Å². The van der Waals surface area contributed by atoms with E-state index in [9.17, 15) is 4.39 Å². The van der Waals surface area contributed by atoms with E-state index in [0.717, 1.165) is 11.1 Å². The Balaban J connectivity index is 2.19. The van der Waals surface area contributed by atoms with Gasteiger partial charge in [0.2, 0.25) is 0 Å². The van der Waals surface area contributed by atoms with Crippen LogP contribution in [0.15, 0.2) is 35.1 Å². The molecule has 0 radical (unpaired) electrons. The number of halogens is 1. The molecular weight excluding hydrogens is 183 g/mol. The van der Waals surface area contributed by atoms with Crippen molar-refractivity contribution in [2.75, 3.05) is 5.73 Å². The number of hydrogen-bond donors (Lipinski definition) is 1. The summed E-state index contributed by atoms with van der Waals surface area (Å²) in [6, 6.07) is 6.25. The Hall–Kier alpha value is -1.84. The number of aromatic nitrogens is 1. The second-order valence-corrected chi connectivity index (χ2v) is 3.03. The molecule has 3 nitrogen and oxygen atoms in total. The van der Waals surface area contributed by atoms with Gasteiger partial charge in [0.05, 0.1) is 0 Å². The lowest BCUT2D eigenvalue weighted by Gasteiger charge is -1.98. The van der Waals surface area contributed by atoms with Gasteiger partial charge in [0.15, 0.2) is 5.82 Å². The quantitative estimate of drug-likeness (QED) is 0.791. The van der Waals surface area contributed by atoms with Gasteiger partial charge in [-0.1, -0.05) is 17.3 Å². The summed E-state index contributed by atoms with van der Waals surface area (Å²) in [6.45, 7) is 0. The number of benzene rings is 1. The van der Waals surface area contributed by atoms with Gasteiger partial charge in [-0.2, -0.15) is 0 Å². The highest BCUT2D eigenvalue weighted by Crippen LogP contribution is 2.14. The molecule has 1 heterocycles. The molecule has 0 aliphatic rings. The zero-order chi connectivity index (χ0) is 9.97. The van der Waals surface area contributed by atoms with Crippen molar-refractivity contribution in [3.05, 3.63) is 47.5 Å². The third-order valence-electron chi connectivity index (χ3n) is 1.98. The summed E-state index contributed by atoms with van der Waals surface area (Å²) in [5.41, 5.74) is 7.33. The van der Waals surface area contributed by atoms with Crippen LogP contribution < -0.4 is 5.73 Å². The van der Waals surface area contributed by atoms with Crippen molar-refractivity contribution in [2.24, 2.45) is 0 Å². The van der Waals surface area contributed by atoms with Gasteiger partial charge in [0, 0.05) is 12.0 Å². The molecule has 0 saturated heterocycles. The van der Waals surface area contributed by atoms with Crippen LogP contribution in [0.25, 0.3) is 0 Å². The molecule has 1 aromatic carbocycles. The predicted molar refractivity (Wildman–Crippen MR) is 50.1 cm³/mol. The summed E-state index contributed by atoms with van der Waals surface area (Å²) in [4.78, 5) is 0. The highest BCUT2D eigenvalue weighted by Gasteiger charge is 2.04. The van der Waals surface area contributed by atoms with Gasteiger partial charge >= 0.3 is 0 Å². The standard InChI is InChI=1S/C10H9FN2O/c11-9-3-1-7(2-4-9)5-8-6-14-13-10(8)12/h1-4,6H,5H2,(H2,12,13). The van der Waals surface area contributed by atoms with Crippen molar-refractivity contribution < 1.29 is 8.91 Å². The van der Waals surface area contributed by atoms with Gasteiger partial charge in [-0.05, 0) is 17.7 Å². The van der Waals surface area contributed by atoms with Gasteiger partial charge in [0.1, 0.15) is 12.1 Å². The molecule has 72 valence electrons. The number of nitrogens with zero attached hydrogens (tertiary/aromatic N) is 1. The van der Waals surface area contributed by atoms with Crippen molar-refractivity contribution in [1.82, 2.24) is 5.16 Å². The molecule has 0 atom stereocenters. The summed E-state index contributed by atoms with van der Waals surface area (Å²) in [6.07, 6.45) is 2.11. The Kier molecular flexibility index (Phi) is 2.18. The largest absolute Gasteiger partial charge is 0.381 e. The average Bonchev–Trinajstić information content (AvgIpc) is 2.56. The minimum absolute atomic E-state index is 0.243. The van der Waals surface area contributed by atoms with Crippen molar-refractivity contribution in [3.8, 4) is 0 Å². The number of rotatable bonds is 2. The van der Waals surface area contributed by atoms with Crippen LogP contribution >= 0.6 is 0 Å². The van der Waals surface area contributed by atoms with Crippen LogP contribution in [0.2, 0.25) is 0 Å². The van der Waals surface area contributed by atoms with Crippen LogP contribution in [0.1, 0.15) is 11.1 Å². The molecule has 2 rings (SSSR count). The summed E-state index contributed by atoms with van der Waals surface area (Å²) < 4.78 is 17.3. The van der Waals surface area contributed by atoms with Gasteiger partial charge in [-0.3, -0.25) is 0 Å². The molecule has 0 saturated carbocycles. The summed E-state index contributed by atoms with van der Waals surface area (Å²) in [5, 5.41) is 3.56. The molecule has 2 aromatic rings. The Morgan fingerprint density at radius 1 is 1.29 bits per heavy atom. The molecule has 14 heavy (non-hydrogen) atoms. The predicted octanol–water partition coefficient (Wildman–Crippen LogP) is 1.99. The van der Waals surface area contributed by atoms with Crippen molar-refractivity contribution in [2.45, 2.75) is 6.42 Å². The molecule has 0 bridgehead atoms. The van der Waals surface area contributed by atoms with E-state index in [-0.39, 0.29) is 5.82 Å². The molecule has 0 amide bonds. The maximum atomic E-state index is 12.6. The lowest BCUT2D eigenvalue weighted by molar-refractivity contribution is 0.422. The molecule has 2 N–H and O–H groups in total. The van der Waals surface area contributed by atoms with Crippen LogP contribution in [-0.2, 0) is 6.42 Å². The van der Waals surface area contributed by atoms with Gasteiger partial charge < -0.3 is 10.3 Å². The SMILES string of the molecule is Nc1nocc1Cc1ccc(F)cc1. The fourth-order valence-electron chi connectivity index (χ4n) is 1.22. The number of anilines is 1. The Morgan fingerprint density at radius 2 is 2.00 bits per heavy atom. The minimum atomic E-state index is -0.243. The second-order valence-electron chi connectivity index (χ2n) is 3.03. The van der Waals surface area contributed by atoms with Gasteiger partial charge in [-0.25, -0.2) is 4.39 Å². The smallest absolute Gasteiger partial charge is 0.170 e. The van der Waals surface area contributed by atoms with Crippen LogP contribution in [-0.4, -0.2) is 5.16 Å². The number of nitrogens with two attached hydrogens (primary N) is 1. The first-order valence-electron chi connectivity index (χ1n) is 4.19. The molecule has 0 aliphatic carbocycles. The molecule has 0 spiro atoms. The van der Waals surface area contributed by atoms with E-state index in [2.05, 4.69) is 5.16 Å². The third-order valence-corrected chi connectivity index (χ3v) is 1.98. The highest BCUT2D eigenvalue weighted by atomic mass is 19.1. The molecule has 0 fully saturated rings. The number of hydrogen-bond acceptors (Lipinski definition) is 3. The van der Waals surface area contributed by atoms with E-state index in [4.69, 9.17) is 10.3 Å². The van der Waals surface area contributed by atoms with E-state index in [1.54, 1.807) is 12.1 Å². The second kappa shape index (κ2) is 3.49. The topological polar surface area (TPSA) is 52.0 Å². The zero-order valence-corrected chi connectivity index (χ0v) is 7.40. The van der Waals surface area contributed by atoms with Gasteiger partial charge in [-0.15, -0.1) is 0 Å². The monoisotopic (exact) mass is 192 g/mol. The lowest BCUT2D eigenvalue weighted by atomic mass is 10.1. The third kappa shape index (κ3) is 1.74. The molecule has 4 heteroatoms. The number of nitrogen functional groups attached to an aromatic ring is 1.